The van der Waals surface area contributed by atoms with Gasteiger partial charge in [-0.05, 0) is 49.6 Å². The average molecular weight is 540 g/mol. The average Bonchev–Trinajstić information content (AvgIpc) is 2.90. The highest BCUT2D eigenvalue weighted by Gasteiger charge is 2.33. The lowest BCUT2D eigenvalue weighted by Gasteiger charge is -2.32. The summed E-state index contributed by atoms with van der Waals surface area (Å²) >= 11 is 0. The van der Waals surface area contributed by atoms with Crippen molar-refractivity contribution in [2.24, 2.45) is 5.92 Å². The molecule has 1 N–H and O–H groups in total. The Bertz CT molecular complexity index is 1350. The van der Waals surface area contributed by atoms with Gasteiger partial charge in [-0.25, -0.2) is 12.8 Å². The van der Waals surface area contributed by atoms with Gasteiger partial charge in [0.05, 0.1) is 10.6 Å². The Morgan fingerprint density at radius 2 is 1.50 bits per heavy atom. The van der Waals surface area contributed by atoms with Gasteiger partial charge < -0.3 is 10.2 Å². The maximum absolute atomic E-state index is 14.9. The molecule has 3 rings (SSSR count). The molecule has 38 heavy (non-hydrogen) atoms. The lowest BCUT2D eigenvalue weighted by atomic mass is 10.1. The van der Waals surface area contributed by atoms with Crippen molar-refractivity contribution >= 4 is 27.5 Å². The molecule has 0 radical (unpaired) electrons. The summed E-state index contributed by atoms with van der Waals surface area (Å²) in [5.41, 5.74) is 1.56. The first-order valence-corrected chi connectivity index (χ1v) is 13.9. The molecule has 0 bridgehead atoms. The Hall–Kier alpha value is -3.72. The Morgan fingerprint density at radius 3 is 2.11 bits per heavy atom. The summed E-state index contributed by atoms with van der Waals surface area (Å²) in [5.74, 6) is -1.57. The summed E-state index contributed by atoms with van der Waals surface area (Å²) < 4.78 is 42.9. The molecule has 9 heteroatoms. The van der Waals surface area contributed by atoms with E-state index in [0.717, 1.165) is 21.5 Å². The van der Waals surface area contributed by atoms with Crippen molar-refractivity contribution in [2.75, 3.05) is 17.4 Å². The fourth-order valence-electron chi connectivity index (χ4n) is 3.81. The second kappa shape index (κ2) is 12.7. The van der Waals surface area contributed by atoms with Crippen molar-refractivity contribution < 1.29 is 22.4 Å². The smallest absolute Gasteiger partial charge is 0.264 e. The number of amides is 2. The van der Waals surface area contributed by atoms with Crippen molar-refractivity contribution in [1.29, 1.82) is 0 Å². The maximum atomic E-state index is 14.9. The van der Waals surface area contributed by atoms with Crippen LogP contribution in [-0.4, -0.2) is 44.3 Å². The van der Waals surface area contributed by atoms with Gasteiger partial charge in [0.25, 0.3) is 10.0 Å². The van der Waals surface area contributed by atoms with Gasteiger partial charge in [0.1, 0.15) is 18.4 Å². The van der Waals surface area contributed by atoms with E-state index in [0.29, 0.717) is 6.54 Å². The lowest BCUT2D eigenvalue weighted by Crippen LogP contribution is -2.51. The molecule has 0 heterocycles. The van der Waals surface area contributed by atoms with Crippen LogP contribution in [-0.2, 0) is 26.2 Å². The van der Waals surface area contributed by atoms with E-state index in [2.05, 4.69) is 5.32 Å². The highest BCUT2D eigenvalue weighted by molar-refractivity contribution is 7.92. The molecule has 3 aromatic rings. The maximum Gasteiger partial charge on any atom is 0.264 e. The van der Waals surface area contributed by atoms with Crippen LogP contribution in [0.25, 0.3) is 0 Å². The van der Waals surface area contributed by atoms with Gasteiger partial charge in [-0.1, -0.05) is 74.0 Å². The highest BCUT2D eigenvalue weighted by Crippen LogP contribution is 2.26. The number of sulfonamides is 1. The summed E-state index contributed by atoms with van der Waals surface area (Å²) in [6.07, 6.45) is 0. The molecule has 0 saturated carbocycles. The van der Waals surface area contributed by atoms with Crippen LogP contribution in [0, 0.1) is 18.7 Å². The van der Waals surface area contributed by atoms with Crippen LogP contribution in [0.15, 0.2) is 83.8 Å². The first-order valence-electron chi connectivity index (χ1n) is 12.5. The number of aryl methyl sites for hydroxylation is 1. The summed E-state index contributed by atoms with van der Waals surface area (Å²) in [5, 5.41) is 2.84. The predicted octanol–water partition coefficient (Wildman–Crippen LogP) is 4.52. The van der Waals surface area contributed by atoms with Crippen LogP contribution in [0.3, 0.4) is 0 Å². The second-order valence-electron chi connectivity index (χ2n) is 9.60. The number of nitrogens with one attached hydrogen (secondary N) is 1. The minimum absolute atomic E-state index is 0.0753. The van der Waals surface area contributed by atoms with E-state index >= 15 is 0 Å². The fraction of sp³-hybridized carbons (Fsp3) is 0.310. The van der Waals surface area contributed by atoms with E-state index in [4.69, 9.17) is 0 Å². The predicted molar refractivity (Wildman–Crippen MR) is 146 cm³/mol. The summed E-state index contributed by atoms with van der Waals surface area (Å²) in [4.78, 5) is 28.0. The molecule has 2 amide bonds. The molecule has 1 unspecified atom stereocenters. The third kappa shape index (κ3) is 7.19. The van der Waals surface area contributed by atoms with Crippen LogP contribution in [0.1, 0.15) is 31.9 Å². The fourth-order valence-corrected chi connectivity index (χ4v) is 5.26. The molecule has 202 valence electrons. The van der Waals surface area contributed by atoms with Crippen molar-refractivity contribution in [3.05, 3.63) is 95.8 Å². The Labute approximate surface area is 224 Å². The molecule has 3 aromatic carbocycles. The first-order chi connectivity index (χ1) is 18.0. The molecule has 7 nitrogen and oxygen atoms in total. The third-order valence-corrected chi connectivity index (χ3v) is 7.83. The number of rotatable bonds is 11. The Kier molecular flexibility index (Phi) is 9.63. The summed E-state index contributed by atoms with van der Waals surface area (Å²) in [7, 11) is -4.31. The van der Waals surface area contributed by atoms with Crippen LogP contribution >= 0.6 is 0 Å². The molecule has 0 aliphatic carbocycles. The van der Waals surface area contributed by atoms with E-state index in [1.54, 1.807) is 25.1 Å². The largest absolute Gasteiger partial charge is 0.354 e. The van der Waals surface area contributed by atoms with Gasteiger partial charge in [0.2, 0.25) is 11.8 Å². The molecular weight excluding hydrogens is 505 g/mol. The molecule has 0 aliphatic heterocycles. The Morgan fingerprint density at radius 1 is 0.895 bits per heavy atom. The number of carbonyl (C=O) groups is 2. The molecule has 0 fully saturated rings. The minimum Gasteiger partial charge on any atom is -0.354 e. The van der Waals surface area contributed by atoms with Gasteiger partial charge in [0, 0.05) is 13.1 Å². The van der Waals surface area contributed by atoms with E-state index in [-0.39, 0.29) is 29.0 Å². The number of benzene rings is 3. The first kappa shape index (κ1) is 28.8. The van der Waals surface area contributed by atoms with Gasteiger partial charge in [-0.2, -0.15) is 0 Å². The second-order valence-corrected chi connectivity index (χ2v) is 11.5. The number of hydrogen-bond acceptors (Lipinski definition) is 4. The van der Waals surface area contributed by atoms with Gasteiger partial charge in [-0.3, -0.25) is 13.9 Å². The number of anilines is 1. The van der Waals surface area contributed by atoms with E-state index in [1.807, 2.05) is 45.0 Å². The number of halogens is 1. The van der Waals surface area contributed by atoms with E-state index in [9.17, 15) is 22.4 Å². The zero-order chi connectivity index (χ0) is 27.9. The standard InChI is InChI=1S/C29H34FN3O4S/c1-21(2)18-31-29(35)23(4)32(19-24-16-14-22(3)15-17-24)28(34)20-33(27-13-9-8-12-26(27)30)38(36,37)25-10-6-5-7-11-25/h5-17,21,23H,18-20H2,1-4H3,(H,31,35). The van der Waals surface area contributed by atoms with Crippen molar-refractivity contribution in [1.82, 2.24) is 10.2 Å². The van der Waals surface area contributed by atoms with Crippen LogP contribution < -0.4 is 9.62 Å². The normalized spacial score (nSPS) is 12.2. The number of para-hydroxylation sites is 1. The van der Waals surface area contributed by atoms with Gasteiger partial charge in [0.15, 0.2) is 0 Å². The summed E-state index contributed by atoms with van der Waals surface area (Å²) in [6.45, 7) is 7.27. The Balaban J connectivity index is 2.00. The van der Waals surface area contributed by atoms with Crippen LogP contribution in [0.5, 0.6) is 0 Å². The van der Waals surface area contributed by atoms with Gasteiger partial charge >= 0.3 is 0 Å². The number of nitrogens with zero attached hydrogens (tertiary/aromatic N) is 2. The third-order valence-electron chi connectivity index (χ3n) is 6.06. The van der Waals surface area contributed by atoms with Crippen molar-refractivity contribution in [3.8, 4) is 0 Å². The number of hydrogen-bond donors (Lipinski definition) is 1. The monoisotopic (exact) mass is 539 g/mol. The molecule has 1 atom stereocenters. The van der Waals surface area contributed by atoms with Crippen molar-refractivity contribution in [2.45, 2.75) is 45.2 Å². The molecule has 0 spiro atoms. The zero-order valence-electron chi connectivity index (χ0n) is 22.1. The lowest BCUT2D eigenvalue weighted by molar-refractivity contribution is -0.139. The SMILES string of the molecule is Cc1ccc(CN(C(=O)CN(c2ccccc2F)S(=O)(=O)c2ccccc2)C(C)C(=O)NCC(C)C)cc1. The molecular formula is C29H34FN3O4S. The van der Waals surface area contributed by atoms with Crippen LogP contribution in [0.2, 0.25) is 0 Å². The topological polar surface area (TPSA) is 86.8 Å². The molecule has 0 aromatic heterocycles. The highest BCUT2D eigenvalue weighted by atomic mass is 32.2. The van der Waals surface area contributed by atoms with E-state index in [1.165, 1.54) is 35.2 Å². The quantitative estimate of drug-likeness (QED) is 0.388. The van der Waals surface area contributed by atoms with Gasteiger partial charge in [-0.15, -0.1) is 0 Å². The van der Waals surface area contributed by atoms with E-state index < -0.39 is 34.3 Å². The van der Waals surface area contributed by atoms with Crippen LogP contribution in [0.4, 0.5) is 10.1 Å². The zero-order valence-corrected chi connectivity index (χ0v) is 22.9. The number of carbonyl (C=O) groups excluding carboxylic acids is 2. The van der Waals surface area contributed by atoms with Crippen molar-refractivity contribution in [3.63, 3.8) is 0 Å². The molecule has 0 saturated heterocycles. The summed E-state index contributed by atoms with van der Waals surface area (Å²) in [6, 6.07) is 19.5. The minimum atomic E-state index is -4.31. The molecule has 0 aliphatic rings.